The molecule has 0 bridgehead atoms. The number of hydrogen-bond acceptors (Lipinski definition) is 3. The number of fused-ring (bicyclic) bond motifs is 1. The van der Waals surface area contributed by atoms with E-state index >= 15 is 0 Å². The van der Waals surface area contributed by atoms with Gasteiger partial charge < -0.3 is 15.6 Å². The van der Waals surface area contributed by atoms with Crippen molar-refractivity contribution in [2.75, 3.05) is 0 Å². The van der Waals surface area contributed by atoms with Crippen LogP contribution in [-0.4, -0.2) is 21.5 Å². The van der Waals surface area contributed by atoms with Crippen LogP contribution < -0.4 is 11.1 Å². The highest BCUT2D eigenvalue weighted by atomic mass is 35.5. The van der Waals surface area contributed by atoms with E-state index in [0.717, 1.165) is 16.9 Å². The zero-order chi connectivity index (χ0) is 17.1. The molecule has 0 radical (unpaired) electrons. The molecule has 2 atom stereocenters. The lowest BCUT2D eigenvalue weighted by molar-refractivity contribution is -0.123. The number of amides is 1. The highest BCUT2D eigenvalue weighted by Crippen LogP contribution is 2.24. The van der Waals surface area contributed by atoms with Crippen molar-refractivity contribution in [3.05, 3.63) is 30.1 Å². The predicted molar refractivity (Wildman–Crippen MR) is 109 cm³/mol. The Morgan fingerprint density at radius 3 is 2.32 bits per heavy atom. The number of hydrogen-bond donors (Lipinski definition) is 2. The van der Waals surface area contributed by atoms with Gasteiger partial charge in [-0.1, -0.05) is 26.0 Å². The highest BCUT2D eigenvalue weighted by Gasteiger charge is 2.22. The van der Waals surface area contributed by atoms with Crippen molar-refractivity contribution in [2.45, 2.75) is 59.2 Å². The van der Waals surface area contributed by atoms with Gasteiger partial charge in [0, 0.05) is 6.04 Å². The normalized spacial score (nSPS) is 13.3. The van der Waals surface area contributed by atoms with E-state index in [-0.39, 0.29) is 42.8 Å². The fourth-order valence-corrected chi connectivity index (χ4v) is 2.91. The van der Waals surface area contributed by atoms with Crippen molar-refractivity contribution in [3.8, 4) is 0 Å². The minimum Gasteiger partial charge on any atom is -0.345 e. The van der Waals surface area contributed by atoms with Crippen LogP contribution in [-0.2, 0) is 4.79 Å². The Labute approximate surface area is 162 Å². The number of carbonyl (C=O) groups excluding carboxylic acids is 1. The molecule has 3 N–H and O–H groups in total. The van der Waals surface area contributed by atoms with E-state index in [1.807, 2.05) is 25.1 Å². The summed E-state index contributed by atoms with van der Waals surface area (Å²) in [6, 6.07) is 7.65. The summed E-state index contributed by atoms with van der Waals surface area (Å²) in [6.45, 7) is 10.3. The van der Waals surface area contributed by atoms with Crippen LogP contribution in [0, 0.1) is 5.92 Å². The number of imidazole rings is 1. The fraction of sp³-hybridized carbons (Fsp3) is 0.556. The molecule has 7 heteroatoms. The van der Waals surface area contributed by atoms with Crippen LogP contribution in [0.2, 0.25) is 0 Å². The molecule has 5 nitrogen and oxygen atoms in total. The summed E-state index contributed by atoms with van der Waals surface area (Å²) in [6.07, 6.45) is 0.680. The molecule has 1 heterocycles. The summed E-state index contributed by atoms with van der Waals surface area (Å²) in [4.78, 5) is 17.0. The summed E-state index contributed by atoms with van der Waals surface area (Å²) in [5.41, 5.74) is 8.01. The molecule has 0 saturated heterocycles. The maximum atomic E-state index is 12.3. The van der Waals surface area contributed by atoms with Crippen molar-refractivity contribution in [1.82, 2.24) is 14.9 Å². The van der Waals surface area contributed by atoms with Gasteiger partial charge in [0.2, 0.25) is 5.91 Å². The van der Waals surface area contributed by atoms with Crippen LogP contribution in [0.5, 0.6) is 0 Å². The summed E-state index contributed by atoms with van der Waals surface area (Å²) >= 11 is 0. The highest BCUT2D eigenvalue weighted by molar-refractivity contribution is 5.85. The third-order valence-corrected chi connectivity index (χ3v) is 3.95. The van der Waals surface area contributed by atoms with Crippen LogP contribution in [0.15, 0.2) is 24.3 Å². The molecule has 2 rings (SSSR count). The van der Waals surface area contributed by atoms with Crippen LogP contribution >= 0.6 is 24.8 Å². The molecule has 0 fully saturated rings. The van der Waals surface area contributed by atoms with Crippen LogP contribution in [0.3, 0.4) is 0 Å². The van der Waals surface area contributed by atoms with E-state index in [2.05, 4.69) is 43.6 Å². The lowest BCUT2D eigenvalue weighted by atomic mass is 10.0. The van der Waals surface area contributed by atoms with Crippen LogP contribution in [0.4, 0.5) is 0 Å². The molecule has 1 amide bonds. The van der Waals surface area contributed by atoms with Crippen molar-refractivity contribution in [3.63, 3.8) is 0 Å². The molecule has 0 spiro atoms. The molecule has 2 aromatic rings. The van der Waals surface area contributed by atoms with E-state index in [0.29, 0.717) is 12.3 Å². The number of nitrogens with zero attached hydrogens (tertiary/aromatic N) is 2. The van der Waals surface area contributed by atoms with E-state index < -0.39 is 6.04 Å². The molecule has 1 aromatic heterocycles. The Morgan fingerprint density at radius 1 is 1.16 bits per heavy atom. The first-order valence-corrected chi connectivity index (χ1v) is 8.34. The lowest BCUT2D eigenvalue weighted by Crippen LogP contribution is -2.42. The smallest absolute Gasteiger partial charge is 0.237 e. The lowest BCUT2D eigenvalue weighted by Gasteiger charge is -2.21. The Balaban J connectivity index is 0.00000288. The first kappa shape index (κ1) is 23.7. The van der Waals surface area contributed by atoms with Crippen molar-refractivity contribution < 1.29 is 4.79 Å². The molecule has 0 aliphatic rings. The Kier molecular flexibility index (Phi) is 9.48. The standard InChI is InChI=1S/C18H28N4O.2ClH/c1-11(2)10-14(19)18(23)20-13(5)17-21-15-8-6-7-9-16(15)22(17)12(3)4;;/h6-9,11-14H,10,19H2,1-5H3,(H,20,23);2*1H/t13?,14-;;/m0../s1. The average molecular weight is 389 g/mol. The van der Waals surface area contributed by atoms with E-state index in [4.69, 9.17) is 10.7 Å². The van der Waals surface area contributed by atoms with E-state index in [1.165, 1.54) is 0 Å². The zero-order valence-electron chi connectivity index (χ0n) is 15.5. The molecule has 142 valence electrons. The SMILES string of the molecule is CC(C)C[C@H](N)C(=O)NC(C)c1nc2ccccc2n1C(C)C.Cl.Cl. The number of halogens is 2. The maximum Gasteiger partial charge on any atom is 0.237 e. The third-order valence-electron chi connectivity index (χ3n) is 3.95. The number of nitrogens with two attached hydrogens (primary N) is 1. The second kappa shape index (κ2) is 10.00. The summed E-state index contributed by atoms with van der Waals surface area (Å²) in [7, 11) is 0. The predicted octanol–water partition coefficient (Wildman–Crippen LogP) is 4.01. The van der Waals surface area contributed by atoms with Gasteiger partial charge in [-0.3, -0.25) is 4.79 Å². The van der Waals surface area contributed by atoms with Gasteiger partial charge in [0.25, 0.3) is 0 Å². The van der Waals surface area contributed by atoms with Gasteiger partial charge in [0.05, 0.1) is 23.1 Å². The van der Waals surface area contributed by atoms with Gasteiger partial charge in [0.1, 0.15) is 5.82 Å². The zero-order valence-corrected chi connectivity index (χ0v) is 17.2. The topological polar surface area (TPSA) is 72.9 Å². The van der Waals surface area contributed by atoms with Gasteiger partial charge in [-0.05, 0) is 45.2 Å². The van der Waals surface area contributed by atoms with Crippen LogP contribution in [0.1, 0.15) is 58.9 Å². The molecule has 25 heavy (non-hydrogen) atoms. The Bertz CT molecular complexity index is 685. The number of rotatable bonds is 6. The summed E-state index contributed by atoms with van der Waals surface area (Å²) < 4.78 is 2.17. The first-order chi connectivity index (χ1) is 10.8. The van der Waals surface area contributed by atoms with Crippen molar-refractivity contribution >= 4 is 41.8 Å². The first-order valence-electron chi connectivity index (χ1n) is 8.34. The largest absolute Gasteiger partial charge is 0.345 e. The fourth-order valence-electron chi connectivity index (χ4n) is 2.91. The van der Waals surface area contributed by atoms with Crippen molar-refractivity contribution in [1.29, 1.82) is 0 Å². The monoisotopic (exact) mass is 388 g/mol. The number of carbonyl (C=O) groups is 1. The van der Waals surface area contributed by atoms with E-state index in [9.17, 15) is 4.79 Å². The molecule has 0 aliphatic carbocycles. The number of aromatic nitrogens is 2. The van der Waals surface area contributed by atoms with Gasteiger partial charge in [-0.25, -0.2) is 4.98 Å². The Hall–Kier alpha value is -1.30. The van der Waals surface area contributed by atoms with Gasteiger partial charge in [-0.15, -0.1) is 24.8 Å². The molecule has 1 aromatic carbocycles. The van der Waals surface area contributed by atoms with E-state index in [1.54, 1.807) is 0 Å². The molecule has 0 aliphatic heterocycles. The minimum absolute atomic E-state index is 0. The Morgan fingerprint density at radius 2 is 1.76 bits per heavy atom. The molecule has 0 saturated carbocycles. The molecular weight excluding hydrogens is 359 g/mol. The summed E-state index contributed by atoms with van der Waals surface area (Å²) in [5, 5.41) is 3.01. The maximum absolute atomic E-state index is 12.3. The molecular formula is C18H30Cl2N4O. The van der Waals surface area contributed by atoms with Gasteiger partial charge in [0.15, 0.2) is 0 Å². The second-order valence-corrected chi connectivity index (χ2v) is 6.89. The third kappa shape index (κ3) is 5.59. The average Bonchev–Trinajstić information content (AvgIpc) is 2.85. The van der Waals surface area contributed by atoms with Gasteiger partial charge in [-0.2, -0.15) is 0 Å². The van der Waals surface area contributed by atoms with Crippen molar-refractivity contribution in [2.24, 2.45) is 11.7 Å². The van der Waals surface area contributed by atoms with Crippen LogP contribution in [0.25, 0.3) is 11.0 Å². The number of benzene rings is 1. The molecule has 1 unspecified atom stereocenters. The van der Waals surface area contributed by atoms with Gasteiger partial charge >= 0.3 is 0 Å². The number of nitrogens with one attached hydrogen (secondary N) is 1. The quantitative estimate of drug-likeness (QED) is 0.784. The minimum atomic E-state index is -0.477. The second-order valence-electron chi connectivity index (χ2n) is 6.89. The number of para-hydroxylation sites is 2. The summed E-state index contributed by atoms with van der Waals surface area (Å²) in [5.74, 6) is 1.14.